The third-order valence-corrected chi connectivity index (χ3v) is 11.0. The average Bonchev–Trinajstić information content (AvgIpc) is 3.52. The van der Waals surface area contributed by atoms with Gasteiger partial charge in [0.2, 0.25) is 11.8 Å². The van der Waals surface area contributed by atoms with Crippen molar-refractivity contribution >= 4 is 40.2 Å². The first-order valence-corrected chi connectivity index (χ1v) is 17.5. The lowest BCUT2D eigenvalue weighted by molar-refractivity contribution is -0.164. The summed E-state index contributed by atoms with van der Waals surface area (Å²) in [5.41, 5.74) is -0.132. The molecule has 4 aliphatic rings. The number of carbonyl (C=O) groups is 4. The first-order chi connectivity index (χ1) is 24.2. The van der Waals surface area contributed by atoms with Gasteiger partial charge in [0.25, 0.3) is 5.91 Å². The average molecular weight is 678 g/mol. The largest absolute Gasteiger partial charge is 0.455 e. The summed E-state index contributed by atoms with van der Waals surface area (Å²) in [4.78, 5) is 62.2. The number of likely N-dealkylation sites (tertiary alicyclic amines) is 1. The van der Waals surface area contributed by atoms with E-state index in [1.807, 2.05) is 92.7 Å². The summed E-state index contributed by atoms with van der Waals surface area (Å²) in [5.74, 6) is -3.72. The standard InChI is InChI=1S/C40H43N3O7/c1-4-29(24-44)43-36-38(47)42(30-20-19-26-13-8-9-16-28(26)23-30)22-12-21-40(36)34(37(43)46)33-31(50-40)17-10-11-18-32(45)41(3)25(2)35(49-39(33)48)27-14-6-5-7-15-27/h5-10,12-17,19-21,23,25,29,31,33-36,44H,4,11,18,22,24H2,1-3H3/b17-10-/t25-,29+,31-,33+,34+,35+,36-,40+/m1/s1. The van der Waals surface area contributed by atoms with Crippen molar-refractivity contribution < 1.29 is 33.8 Å². The number of cyclic esters (lactones) is 1. The minimum absolute atomic E-state index is 0.0920. The second kappa shape index (κ2) is 13.5. The minimum atomic E-state index is -1.51. The molecule has 8 atom stereocenters. The molecule has 0 bridgehead atoms. The lowest BCUT2D eigenvalue weighted by Crippen LogP contribution is -2.58. The monoisotopic (exact) mass is 677 g/mol. The first kappa shape index (κ1) is 33.7. The molecule has 0 saturated carbocycles. The number of likely N-dealkylation sites (N-methyl/N-ethyl adjacent to an activating group) is 1. The Balaban J connectivity index is 1.33. The molecule has 10 heteroatoms. The van der Waals surface area contributed by atoms with Gasteiger partial charge in [0, 0.05) is 25.7 Å². The Morgan fingerprint density at radius 1 is 0.940 bits per heavy atom. The maximum absolute atomic E-state index is 14.9. The topological polar surface area (TPSA) is 117 Å². The van der Waals surface area contributed by atoms with Crippen LogP contribution in [0, 0.1) is 11.8 Å². The van der Waals surface area contributed by atoms with Gasteiger partial charge in [-0.15, -0.1) is 0 Å². The van der Waals surface area contributed by atoms with Crippen molar-refractivity contribution in [1.29, 1.82) is 0 Å². The predicted molar refractivity (Wildman–Crippen MR) is 188 cm³/mol. The number of fused-ring (bicyclic) bond motifs is 3. The summed E-state index contributed by atoms with van der Waals surface area (Å²) in [7, 11) is 1.70. The van der Waals surface area contributed by atoms with Gasteiger partial charge in [0.1, 0.15) is 23.7 Å². The number of benzene rings is 3. The molecule has 10 nitrogen and oxygen atoms in total. The van der Waals surface area contributed by atoms with Crippen LogP contribution < -0.4 is 4.90 Å². The number of ether oxygens (including phenoxy) is 2. The number of hydrogen-bond donors (Lipinski definition) is 1. The van der Waals surface area contributed by atoms with Gasteiger partial charge in [0.15, 0.2) is 0 Å². The Hall–Kier alpha value is -4.80. The predicted octanol–water partition coefficient (Wildman–Crippen LogP) is 4.58. The minimum Gasteiger partial charge on any atom is -0.455 e. The number of allylic oxidation sites excluding steroid dienone is 1. The second-order valence-corrected chi connectivity index (χ2v) is 13.7. The van der Waals surface area contributed by atoms with E-state index in [0.29, 0.717) is 24.1 Å². The number of rotatable bonds is 5. The van der Waals surface area contributed by atoms with Gasteiger partial charge in [-0.2, -0.15) is 0 Å². The van der Waals surface area contributed by atoms with Crippen LogP contribution in [0.5, 0.6) is 0 Å². The molecule has 2 fully saturated rings. The zero-order valence-corrected chi connectivity index (χ0v) is 28.6. The van der Waals surface area contributed by atoms with Crippen LogP contribution in [0.3, 0.4) is 0 Å². The molecule has 0 aromatic heterocycles. The number of carbonyl (C=O) groups excluding carboxylic acids is 4. The number of anilines is 1. The highest BCUT2D eigenvalue weighted by Gasteiger charge is 2.72. The van der Waals surface area contributed by atoms with E-state index in [1.165, 1.54) is 4.90 Å². The summed E-state index contributed by atoms with van der Waals surface area (Å²) in [6.07, 6.45) is 6.46. The molecule has 7 rings (SSSR count). The fourth-order valence-corrected chi connectivity index (χ4v) is 8.21. The van der Waals surface area contributed by atoms with Gasteiger partial charge < -0.3 is 29.3 Å². The number of aliphatic hydroxyl groups excluding tert-OH is 1. The molecule has 260 valence electrons. The lowest BCUT2D eigenvalue weighted by Gasteiger charge is -2.38. The summed E-state index contributed by atoms with van der Waals surface area (Å²) in [6.45, 7) is 3.56. The van der Waals surface area contributed by atoms with Crippen LogP contribution in [0.25, 0.3) is 10.8 Å². The maximum atomic E-state index is 14.9. The highest BCUT2D eigenvalue weighted by molar-refractivity contribution is 6.06. The molecule has 0 radical (unpaired) electrons. The fraction of sp³-hybridized carbons (Fsp3) is 0.400. The summed E-state index contributed by atoms with van der Waals surface area (Å²) >= 11 is 0. The molecule has 3 aromatic rings. The summed E-state index contributed by atoms with van der Waals surface area (Å²) in [5, 5.41) is 12.5. The Bertz CT molecular complexity index is 1860. The molecular weight excluding hydrogens is 634 g/mol. The van der Waals surface area contributed by atoms with Gasteiger partial charge >= 0.3 is 5.97 Å². The van der Waals surface area contributed by atoms with Crippen LogP contribution in [-0.2, 0) is 28.7 Å². The van der Waals surface area contributed by atoms with Crippen LogP contribution in [-0.4, -0.2) is 88.6 Å². The van der Waals surface area contributed by atoms with E-state index in [0.717, 1.165) is 10.8 Å². The first-order valence-electron chi connectivity index (χ1n) is 17.5. The van der Waals surface area contributed by atoms with Crippen LogP contribution in [0.2, 0.25) is 0 Å². The van der Waals surface area contributed by atoms with Crippen molar-refractivity contribution in [3.63, 3.8) is 0 Å². The molecule has 4 aliphatic heterocycles. The molecule has 2 saturated heterocycles. The number of hydrogen-bond acceptors (Lipinski definition) is 7. The second-order valence-electron chi connectivity index (χ2n) is 13.7. The van der Waals surface area contributed by atoms with E-state index in [1.54, 1.807) is 35.1 Å². The Morgan fingerprint density at radius 3 is 2.42 bits per heavy atom. The number of aliphatic hydroxyl groups is 1. The quantitative estimate of drug-likeness (QED) is 0.311. The van der Waals surface area contributed by atoms with E-state index in [-0.39, 0.29) is 31.4 Å². The molecule has 3 amide bonds. The van der Waals surface area contributed by atoms with Crippen molar-refractivity contribution in [2.24, 2.45) is 11.8 Å². The van der Waals surface area contributed by atoms with Crippen molar-refractivity contribution in [3.8, 4) is 0 Å². The Labute approximate surface area is 291 Å². The molecule has 0 unspecified atom stereocenters. The molecular formula is C40H43N3O7. The normalized spacial score (nSPS) is 31.3. The molecule has 3 aromatic carbocycles. The third-order valence-electron chi connectivity index (χ3n) is 11.0. The van der Waals surface area contributed by atoms with Gasteiger partial charge in [0.05, 0.1) is 30.7 Å². The number of esters is 1. The molecule has 1 spiro atoms. The smallest absolute Gasteiger partial charge is 0.313 e. The van der Waals surface area contributed by atoms with Crippen LogP contribution in [0.15, 0.2) is 97.1 Å². The fourth-order valence-electron chi connectivity index (χ4n) is 8.21. The highest BCUT2D eigenvalue weighted by atomic mass is 16.6. The van der Waals surface area contributed by atoms with Crippen molar-refractivity contribution in [2.45, 2.75) is 69.0 Å². The number of amides is 3. The van der Waals surface area contributed by atoms with E-state index in [4.69, 9.17) is 9.47 Å². The van der Waals surface area contributed by atoms with Crippen molar-refractivity contribution in [3.05, 3.63) is 103 Å². The van der Waals surface area contributed by atoms with Crippen molar-refractivity contribution in [1.82, 2.24) is 9.80 Å². The van der Waals surface area contributed by atoms with Crippen LogP contribution in [0.1, 0.15) is 44.8 Å². The number of nitrogens with zero attached hydrogens (tertiary/aromatic N) is 3. The van der Waals surface area contributed by atoms with Gasteiger partial charge in [-0.25, -0.2) is 0 Å². The SMILES string of the molecule is CC[C@@H](CO)N1C(=O)[C@@H]2[C@H]3C(=O)O[C@H](c4ccccc4)[C@@H](C)N(C)C(=O)CC/C=C\[C@H]3O[C@@]23C=CCN(c2ccc4ccccc4c2)C(=O)[C@@H]13. The van der Waals surface area contributed by atoms with Gasteiger partial charge in [-0.3, -0.25) is 19.2 Å². The van der Waals surface area contributed by atoms with Crippen LogP contribution in [0.4, 0.5) is 5.69 Å². The highest BCUT2D eigenvalue weighted by Crippen LogP contribution is 2.54. The lowest BCUT2D eigenvalue weighted by atomic mass is 9.77. The van der Waals surface area contributed by atoms with E-state index >= 15 is 0 Å². The Morgan fingerprint density at radius 2 is 1.68 bits per heavy atom. The third kappa shape index (κ3) is 5.51. The zero-order valence-electron chi connectivity index (χ0n) is 28.6. The van der Waals surface area contributed by atoms with E-state index < -0.39 is 59.6 Å². The van der Waals surface area contributed by atoms with E-state index in [9.17, 15) is 24.3 Å². The molecule has 1 N–H and O–H groups in total. The van der Waals surface area contributed by atoms with Gasteiger partial charge in [-0.1, -0.05) is 91.9 Å². The van der Waals surface area contributed by atoms with Crippen molar-refractivity contribution in [2.75, 3.05) is 25.1 Å². The Kier molecular flexibility index (Phi) is 9.09. The van der Waals surface area contributed by atoms with E-state index in [2.05, 4.69) is 0 Å². The molecule has 4 heterocycles. The molecule has 0 aliphatic carbocycles. The summed E-state index contributed by atoms with van der Waals surface area (Å²) < 4.78 is 13.2. The van der Waals surface area contributed by atoms with Gasteiger partial charge in [-0.05, 0) is 48.2 Å². The van der Waals surface area contributed by atoms with Crippen LogP contribution >= 0.6 is 0 Å². The zero-order chi connectivity index (χ0) is 35.2. The maximum Gasteiger partial charge on any atom is 0.313 e. The molecule has 50 heavy (non-hydrogen) atoms. The summed E-state index contributed by atoms with van der Waals surface area (Å²) in [6, 6.07) is 20.6.